The molecule has 174 valence electrons. The van der Waals surface area contributed by atoms with Gasteiger partial charge in [-0.15, -0.1) is 0 Å². The van der Waals surface area contributed by atoms with Gasteiger partial charge >= 0.3 is 11.9 Å². The largest absolute Gasteiger partial charge is 0.422 e. The van der Waals surface area contributed by atoms with Crippen molar-refractivity contribution in [2.24, 2.45) is 0 Å². The van der Waals surface area contributed by atoms with Crippen molar-refractivity contribution >= 4 is 11.9 Å². The SMILES string of the molecule is C=CC(=O)OC(CCCCCCCCCCCCCCCCCCC)OC(=O)C=C. The van der Waals surface area contributed by atoms with Crippen LogP contribution < -0.4 is 0 Å². The summed E-state index contributed by atoms with van der Waals surface area (Å²) >= 11 is 0. The second-order valence-electron chi connectivity index (χ2n) is 8.16. The lowest BCUT2D eigenvalue weighted by Gasteiger charge is -2.16. The van der Waals surface area contributed by atoms with Crippen LogP contribution in [0.15, 0.2) is 25.3 Å². The summed E-state index contributed by atoms with van der Waals surface area (Å²) in [5.41, 5.74) is 0. The lowest BCUT2D eigenvalue weighted by Crippen LogP contribution is -2.23. The molecule has 0 aromatic carbocycles. The molecule has 4 heteroatoms. The third-order valence-electron chi connectivity index (χ3n) is 5.37. The molecule has 0 saturated heterocycles. The van der Waals surface area contributed by atoms with Crippen molar-refractivity contribution in [1.82, 2.24) is 0 Å². The maximum atomic E-state index is 11.3. The Hall–Kier alpha value is -1.58. The fraction of sp³-hybridized carbons (Fsp3) is 0.769. The smallest absolute Gasteiger partial charge is 0.333 e. The highest BCUT2D eigenvalue weighted by molar-refractivity contribution is 5.82. The number of hydrogen-bond acceptors (Lipinski definition) is 4. The topological polar surface area (TPSA) is 52.6 Å². The van der Waals surface area contributed by atoms with Gasteiger partial charge in [0, 0.05) is 18.6 Å². The third-order valence-corrected chi connectivity index (χ3v) is 5.37. The summed E-state index contributed by atoms with van der Waals surface area (Å²) in [6, 6.07) is 0. The Morgan fingerprint density at radius 3 is 1.20 bits per heavy atom. The number of ether oxygens (including phenoxy) is 2. The second-order valence-corrected chi connectivity index (χ2v) is 8.16. The van der Waals surface area contributed by atoms with Gasteiger partial charge in [0.05, 0.1) is 0 Å². The lowest BCUT2D eigenvalue weighted by atomic mass is 10.0. The van der Waals surface area contributed by atoms with E-state index in [1.807, 2.05) is 0 Å². The van der Waals surface area contributed by atoms with Crippen LogP contribution in [-0.4, -0.2) is 18.2 Å². The van der Waals surface area contributed by atoms with Crippen LogP contribution in [0.4, 0.5) is 0 Å². The highest BCUT2D eigenvalue weighted by atomic mass is 16.7. The molecule has 0 unspecified atom stereocenters. The van der Waals surface area contributed by atoms with Crippen LogP contribution in [0.25, 0.3) is 0 Å². The van der Waals surface area contributed by atoms with E-state index in [0.717, 1.165) is 31.4 Å². The minimum Gasteiger partial charge on any atom is -0.422 e. The Morgan fingerprint density at radius 2 is 0.900 bits per heavy atom. The first kappa shape index (κ1) is 28.4. The molecular formula is C26H46O4. The Bertz CT molecular complexity index is 422. The van der Waals surface area contributed by atoms with Crippen LogP contribution in [0.5, 0.6) is 0 Å². The lowest BCUT2D eigenvalue weighted by molar-refractivity contribution is -0.182. The molecule has 0 aliphatic carbocycles. The number of unbranched alkanes of at least 4 members (excludes halogenated alkanes) is 16. The summed E-state index contributed by atoms with van der Waals surface area (Å²) in [6.45, 7) is 8.99. The van der Waals surface area contributed by atoms with Crippen LogP contribution in [0.1, 0.15) is 122 Å². The number of esters is 2. The van der Waals surface area contributed by atoms with Crippen molar-refractivity contribution in [2.75, 3.05) is 0 Å². The molecule has 0 rings (SSSR count). The molecule has 0 spiro atoms. The molecular weight excluding hydrogens is 376 g/mol. The maximum absolute atomic E-state index is 11.3. The minimum absolute atomic E-state index is 0.512. The maximum Gasteiger partial charge on any atom is 0.333 e. The van der Waals surface area contributed by atoms with E-state index in [1.54, 1.807) is 0 Å². The molecule has 0 amide bonds. The van der Waals surface area contributed by atoms with Crippen LogP contribution in [-0.2, 0) is 19.1 Å². The van der Waals surface area contributed by atoms with Gasteiger partial charge in [-0.1, -0.05) is 123 Å². The summed E-state index contributed by atoms with van der Waals surface area (Å²) in [5.74, 6) is -1.16. The van der Waals surface area contributed by atoms with E-state index in [2.05, 4.69) is 20.1 Å². The standard InChI is InChI=1S/C26H46O4/c1-4-7-8-9-10-11-12-13-14-15-16-17-18-19-20-21-22-23-26(29-24(27)5-2)30-25(28)6-3/h5-6,26H,2-4,7-23H2,1H3. The quantitative estimate of drug-likeness (QED) is 0.0772. The van der Waals surface area contributed by atoms with E-state index < -0.39 is 18.2 Å². The van der Waals surface area contributed by atoms with Crippen molar-refractivity contribution in [3.8, 4) is 0 Å². The Labute approximate surface area is 185 Å². The normalized spacial score (nSPS) is 10.7. The molecule has 0 atom stereocenters. The molecule has 0 N–H and O–H groups in total. The summed E-state index contributed by atoms with van der Waals surface area (Å²) < 4.78 is 10.1. The van der Waals surface area contributed by atoms with Crippen molar-refractivity contribution < 1.29 is 19.1 Å². The minimum atomic E-state index is -0.850. The monoisotopic (exact) mass is 422 g/mol. The predicted molar refractivity (Wildman–Crippen MR) is 125 cm³/mol. The fourth-order valence-corrected chi connectivity index (χ4v) is 3.53. The molecule has 30 heavy (non-hydrogen) atoms. The van der Waals surface area contributed by atoms with Gasteiger partial charge in [-0.3, -0.25) is 0 Å². The number of carbonyl (C=O) groups excluding carboxylic acids is 2. The number of rotatable bonds is 22. The van der Waals surface area contributed by atoms with Gasteiger partial charge in [0.1, 0.15) is 0 Å². The fourth-order valence-electron chi connectivity index (χ4n) is 3.53. The zero-order chi connectivity index (χ0) is 22.3. The Morgan fingerprint density at radius 1 is 0.600 bits per heavy atom. The van der Waals surface area contributed by atoms with Crippen LogP contribution in [0.3, 0.4) is 0 Å². The average Bonchev–Trinajstić information content (AvgIpc) is 2.75. The number of hydrogen-bond donors (Lipinski definition) is 0. The third kappa shape index (κ3) is 19.7. The molecule has 0 saturated carbocycles. The van der Waals surface area contributed by atoms with E-state index in [9.17, 15) is 9.59 Å². The van der Waals surface area contributed by atoms with Crippen LogP contribution in [0, 0.1) is 0 Å². The van der Waals surface area contributed by atoms with Gasteiger partial charge in [-0.05, 0) is 6.42 Å². The molecule has 0 radical (unpaired) electrons. The highest BCUT2D eigenvalue weighted by Crippen LogP contribution is 2.15. The average molecular weight is 423 g/mol. The van der Waals surface area contributed by atoms with Gasteiger partial charge in [0.15, 0.2) is 0 Å². The van der Waals surface area contributed by atoms with Gasteiger partial charge in [-0.2, -0.15) is 0 Å². The zero-order valence-corrected chi connectivity index (χ0v) is 19.5. The van der Waals surface area contributed by atoms with Gasteiger partial charge in [0.2, 0.25) is 6.29 Å². The molecule has 0 aliphatic rings. The molecule has 4 nitrogen and oxygen atoms in total. The Kier molecular flexibility index (Phi) is 20.9. The van der Waals surface area contributed by atoms with E-state index in [-0.39, 0.29) is 0 Å². The van der Waals surface area contributed by atoms with Crippen molar-refractivity contribution in [1.29, 1.82) is 0 Å². The molecule has 0 aromatic heterocycles. The summed E-state index contributed by atoms with van der Waals surface area (Å²) in [7, 11) is 0. The summed E-state index contributed by atoms with van der Waals surface area (Å²) in [6.07, 6.45) is 24.1. The first-order chi connectivity index (χ1) is 14.6. The first-order valence-electron chi connectivity index (χ1n) is 12.3. The Balaban J connectivity index is 3.46. The molecule has 0 fully saturated rings. The van der Waals surface area contributed by atoms with Crippen molar-refractivity contribution in [3.63, 3.8) is 0 Å². The van der Waals surface area contributed by atoms with E-state index >= 15 is 0 Å². The summed E-state index contributed by atoms with van der Waals surface area (Å²) in [5, 5.41) is 0. The van der Waals surface area contributed by atoms with Crippen LogP contribution >= 0.6 is 0 Å². The highest BCUT2D eigenvalue weighted by Gasteiger charge is 2.15. The van der Waals surface area contributed by atoms with Crippen LogP contribution in [0.2, 0.25) is 0 Å². The number of carbonyl (C=O) groups is 2. The summed E-state index contributed by atoms with van der Waals surface area (Å²) in [4.78, 5) is 22.6. The van der Waals surface area contributed by atoms with Gasteiger partial charge < -0.3 is 9.47 Å². The van der Waals surface area contributed by atoms with E-state index in [4.69, 9.17) is 9.47 Å². The molecule has 0 bridgehead atoms. The van der Waals surface area contributed by atoms with Gasteiger partial charge in [-0.25, -0.2) is 9.59 Å². The first-order valence-corrected chi connectivity index (χ1v) is 12.3. The van der Waals surface area contributed by atoms with Crippen molar-refractivity contribution in [3.05, 3.63) is 25.3 Å². The van der Waals surface area contributed by atoms with Gasteiger partial charge in [0.25, 0.3) is 0 Å². The van der Waals surface area contributed by atoms with E-state index in [0.29, 0.717) is 6.42 Å². The molecule has 0 aromatic rings. The zero-order valence-electron chi connectivity index (χ0n) is 19.5. The predicted octanol–water partition coefficient (Wildman–Crippen LogP) is 7.81. The molecule has 0 aliphatic heterocycles. The van der Waals surface area contributed by atoms with Crippen molar-refractivity contribution in [2.45, 2.75) is 129 Å². The van der Waals surface area contributed by atoms with E-state index in [1.165, 1.54) is 89.9 Å². The molecule has 0 heterocycles. The second kappa shape index (κ2) is 22.1.